The summed E-state index contributed by atoms with van der Waals surface area (Å²) >= 11 is 1.11. The predicted octanol–water partition coefficient (Wildman–Crippen LogP) is 4.49. The third-order valence-electron chi connectivity index (χ3n) is 5.35. The Bertz CT molecular complexity index is 1300. The van der Waals surface area contributed by atoms with E-state index in [2.05, 4.69) is 15.5 Å². The first-order valence-corrected chi connectivity index (χ1v) is 10.6. The van der Waals surface area contributed by atoms with Gasteiger partial charge >= 0.3 is 18.3 Å². The van der Waals surface area contributed by atoms with Crippen LogP contribution in [0.5, 0.6) is 0 Å². The average molecular weight is 528 g/mol. The number of aromatic nitrogens is 4. The largest absolute Gasteiger partial charge is 0.459 e. The monoisotopic (exact) mass is 528 g/mol. The third kappa shape index (κ3) is 4.39. The zero-order chi connectivity index (χ0) is 26.1. The Morgan fingerprint density at radius 1 is 1.17 bits per heavy atom. The lowest BCUT2D eigenvalue weighted by Crippen LogP contribution is -2.43. The summed E-state index contributed by atoms with van der Waals surface area (Å²) in [5, 5.41) is 9.25. The number of amides is 1. The maximum atomic E-state index is 13.9. The summed E-state index contributed by atoms with van der Waals surface area (Å²) in [5.41, 5.74) is 0.830. The molecule has 3 heterocycles. The van der Waals surface area contributed by atoms with Crippen molar-refractivity contribution in [1.29, 1.82) is 0 Å². The number of hydrogen-bond acceptors (Lipinski definition) is 5. The molecule has 35 heavy (non-hydrogen) atoms. The lowest BCUT2D eigenvalue weighted by molar-refractivity contribution is -0.292. The van der Waals surface area contributed by atoms with Crippen LogP contribution >= 0.6 is 11.3 Å². The number of alkyl halides is 8. The first-order chi connectivity index (χ1) is 15.9. The molecule has 0 aliphatic heterocycles. The SMILES string of the molecule is Cc1sc(-c2cnn(-c3c(C(F)(F)F)c(C(F)(F)C(F)(F)F)nn3C)c2)cc1C(=O)NC1(N)CC1. The van der Waals surface area contributed by atoms with Crippen LogP contribution in [0.4, 0.5) is 35.1 Å². The van der Waals surface area contributed by atoms with Crippen molar-refractivity contribution in [3.63, 3.8) is 0 Å². The van der Waals surface area contributed by atoms with E-state index in [1.807, 2.05) is 0 Å². The third-order valence-corrected chi connectivity index (χ3v) is 6.45. The first kappa shape index (κ1) is 25.1. The van der Waals surface area contributed by atoms with E-state index in [4.69, 9.17) is 5.73 Å². The van der Waals surface area contributed by atoms with Gasteiger partial charge in [0.15, 0.2) is 11.5 Å². The maximum absolute atomic E-state index is 13.9. The summed E-state index contributed by atoms with van der Waals surface area (Å²) in [6, 6.07) is 1.46. The van der Waals surface area contributed by atoms with E-state index in [0.29, 0.717) is 27.3 Å². The molecule has 190 valence electrons. The summed E-state index contributed by atoms with van der Waals surface area (Å²) in [6.45, 7) is 1.64. The van der Waals surface area contributed by atoms with E-state index in [1.165, 1.54) is 6.07 Å². The van der Waals surface area contributed by atoms with Crippen molar-refractivity contribution >= 4 is 17.2 Å². The van der Waals surface area contributed by atoms with Gasteiger partial charge in [-0.05, 0) is 25.8 Å². The Morgan fingerprint density at radius 3 is 2.34 bits per heavy atom. The van der Waals surface area contributed by atoms with Gasteiger partial charge in [-0.25, -0.2) is 9.36 Å². The molecular weight excluding hydrogens is 512 g/mol. The van der Waals surface area contributed by atoms with Crippen molar-refractivity contribution in [2.45, 2.75) is 43.7 Å². The number of nitrogens with one attached hydrogen (secondary N) is 1. The van der Waals surface area contributed by atoms with E-state index >= 15 is 0 Å². The summed E-state index contributed by atoms with van der Waals surface area (Å²) < 4.78 is 108. The molecule has 0 radical (unpaired) electrons. The van der Waals surface area contributed by atoms with Gasteiger partial charge < -0.3 is 11.1 Å². The number of halogens is 8. The van der Waals surface area contributed by atoms with Crippen LogP contribution < -0.4 is 11.1 Å². The minimum atomic E-state index is -6.30. The number of aryl methyl sites for hydroxylation is 2. The molecule has 7 nitrogen and oxygen atoms in total. The number of hydrogen-bond donors (Lipinski definition) is 2. The molecule has 3 aromatic rings. The van der Waals surface area contributed by atoms with Gasteiger partial charge in [0.1, 0.15) is 5.56 Å². The second kappa shape index (κ2) is 7.74. The van der Waals surface area contributed by atoms with Crippen molar-refractivity contribution in [1.82, 2.24) is 24.9 Å². The summed E-state index contributed by atoms with van der Waals surface area (Å²) in [4.78, 5) is 13.4. The van der Waals surface area contributed by atoms with Crippen molar-refractivity contribution in [3.05, 3.63) is 40.2 Å². The van der Waals surface area contributed by atoms with Crippen molar-refractivity contribution < 1.29 is 39.9 Å². The Hall–Kier alpha value is -3.01. The molecule has 0 atom stereocenters. The highest BCUT2D eigenvalue weighted by Gasteiger charge is 2.64. The summed E-state index contributed by atoms with van der Waals surface area (Å²) in [5.74, 6) is -7.44. The molecule has 0 aromatic carbocycles. The standard InChI is InChI=1S/C19H16F8N6OS/c1-8-10(14(34)30-16(28)3-4-16)5-11(35-8)9-6-29-33(7-9)15-12(18(22,23)24)13(31-32(15)2)17(20,21)19(25,26)27/h5-7H,3-4,28H2,1-2H3,(H,30,34). The van der Waals surface area contributed by atoms with E-state index in [0.717, 1.165) is 30.8 Å². The molecular formula is C19H16F8N6OS. The van der Waals surface area contributed by atoms with Crippen LogP contribution in [0, 0.1) is 6.92 Å². The van der Waals surface area contributed by atoms with Crippen molar-refractivity contribution in [3.8, 4) is 16.3 Å². The van der Waals surface area contributed by atoms with Crippen LogP contribution in [-0.4, -0.2) is 37.3 Å². The van der Waals surface area contributed by atoms with Crippen molar-refractivity contribution in [2.24, 2.45) is 12.8 Å². The molecule has 4 rings (SSSR count). The first-order valence-electron chi connectivity index (χ1n) is 9.81. The lowest BCUT2D eigenvalue weighted by atomic mass is 10.1. The molecule has 0 bridgehead atoms. The maximum Gasteiger partial charge on any atom is 0.459 e. The average Bonchev–Trinajstić information content (AvgIpc) is 3.10. The minimum absolute atomic E-state index is 0.199. The number of nitrogens with two attached hydrogens (primary N) is 1. The highest BCUT2D eigenvalue weighted by molar-refractivity contribution is 7.15. The lowest BCUT2D eigenvalue weighted by Gasteiger charge is -2.19. The number of carbonyl (C=O) groups is 1. The van der Waals surface area contributed by atoms with Crippen LogP contribution in [0.3, 0.4) is 0 Å². The molecule has 1 fully saturated rings. The van der Waals surface area contributed by atoms with Crippen LogP contribution in [0.2, 0.25) is 0 Å². The van der Waals surface area contributed by atoms with E-state index in [9.17, 15) is 39.9 Å². The smallest absolute Gasteiger partial charge is 0.334 e. The fourth-order valence-corrected chi connectivity index (χ4v) is 4.35. The highest BCUT2D eigenvalue weighted by Crippen LogP contribution is 2.49. The van der Waals surface area contributed by atoms with Crippen LogP contribution in [0.25, 0.3) is 16.3 Å². The number of thiophene rings is 1. The van der Waals surface area contributed by atoms with Crippen LogP contribution in [0.1, 0.15) is 39.3 Å². The second-order valence-corrected chi connectivity index (χ2v) is 9.36. The molecule has 1 amide bonds. The molecule has 0 saturated heterocycles. The molecule has 3 N–H and O–H groups in total. The molecule has 0 unspecified atom stereocenters. The fraction of sp³-hybridized carbons (Fsp3) is 0.421. The van der Waals surface area contributed by atoms with Gasteiger partial charge in [0.05, 0.1) is 17.4 Å². The van der Waals surface area contributed by atoms with Crippen LogP contribution in [0.15, 0.2) is 18.5 Å². The van der Waals surface area contributed by atoms with Gasteiger partial charge in [0.2, 0.25) is 0 Å². The Kier molecular flexibility index (Phi) is 5.55. The Morgan fingerprint density at radius 2 is 1.80 bits per heavy atom. The van der Waals surface area contributed by atoms with Gasteiger partial charge in [0.25, 0.3) is 5.91 Å². The van der Waals surface area contributed by atoms with Gasteiger partial charge in [-0.15, -0.1) is 11.3 Å². The van der Waals surface area contributed by atoms with Crippen LogP contribution in [-0.2, 0) is 19.1 Å². The predicted molar refractivity (Wildman–Crippen MR) is 107 cm³/mol. The normalized spacial score (nSPS) is 16.0. The highest BCUT2D eigenvalue weighted by atomic mass is 32.1. The van der Waals surface area contributed by atoms with Gasteiger partial charge in [-0.1, -0.05) is 0 Å². The molecule has 1 aliphatic carbocycles. The zero-order valence-electron chi connectivity index (χ0n) is 17.9. The van der Waals surface area contributed by atoms with E-state index in [-0.39, 0.29) is 15.8 Å². The Balaban J connectivity index is 1.75. The summed E-state index contributed by atoms with van der Waals surface area (Å²) in [6.07, 6.45) is -8.58. The van der Waals surface area contributed by atoms with Gasteiger partial charge in [-0.2, -0.15) is 45.3 Å². The number of carbonyl (C=O) groups excluding carboxylic acids is 1. The van der Waals surface area contributed by atoms with E-state index in [1.54, 1.807) is 6.92 Å². The molecule has 16 heteroatoms. The Labute approximate surface area is 195 Å². The van der Waals surface area contributed by atoms with Gasteiger partial charge in [0, 0.05) is 28.6 Å². The molecule has 0 spiro atoms. The van der Waals surface area contributed by atoms with E-state index < -0.39 is 46.9 Å². The molecule has 1 aliphatic rings. The summed E-state index contributed by atoms with van der Waals surface area (Å²) in [7, 11) is 0.792. The zero-order valence-corrected chi connectivity index (χ0v) is 18.7. The number of nitrogens with zero attached hydrogens (tertiary/aromatic N) is 4. The van der Waals surface area contributed by atoms with Gasteiger partial charge in [-0.3, -0.25) is 4.79 Å². The quantitative estimate of drug-likeness (QED) is 0.377. The molecule has 1 saturated carbocycles. The minimum Gasteiger partial charge on any atom is -0.334 e. The second-order valence-electron chi connectivity index (χ2n) is 8.11. The topological polar surface area (TPSA) is 90.8 Å². The molecule has 3 aromatic heterocycles. The number of rotatable bonds is 5. The fourth-order valence-electron chi connectivity index (χ4n) is 3.36. The van der Waals surface area contributed by atoms with Crippen molar-refractivity contribution in [2.75, 3.05) is 0 Å².